The minimum atomic E-state index is 0.635. The summed E-state index contributed by atoms with van der Waals surface area (Å²) in [5, 5.41) is 24.1. The molecule has 0 saturated carbocycles. The van der Waals surface area contributed by atoms with Crippen LogP contribution in [0.15, 0.2) is 152 Å². The van der Waals surface area contributed by atoms with Crippen molar-refractivity contribution in [1.82, 2.24) is 4.57 Å². The first-order valence-corrected chi connectivity index (χ1v) is 16.6. The lowest BCUT2D eigenvalue weighted by Crippen LogP contribution is -1.96. The van der Waals surface area contributed by atoms with Gasteiger partial charge < -0.3 is 4.57 Å². The summed E-state index contributed by atoms with van der Waals surface area (Å²) in [6.45, 7) is 0. The third-order valence-corrected chi connectivity index (χ3v) is 10.4. The van der Waals surface area contributed by atoms with Crippen LogP contribution >= 0.6 is 11.3 Å². The molecule has 0 saturated heterocycles. The zero-order valence-electron chi connectivity index (χ0n) is 25.7. The van der Waals surface area contributed by atoms with Gasteiger partial charge >= 0.3 is 0 Å². The van der Waals surface area contributed by atoms with E-state index in [4.69, 9.17) is 0 Å². The van der Waals surface area contributed by atoms with E-state index in [1.165, 1.54) is 25.7 Å². The van der Waals surface area contributed by atoms with Crippen LogP contribution in [0, 0.1) is 22.7 Å². The van der Waals surface area contributed by atoms with Crippen molar-refractivity contribution in [2.75, 3.05) is 0 Å². The molecule has 0 bridgehead atoms. The Morgan fingerprint density at radius 1 is 0.458 bits per heavy atom. The van der Waals surface area contributed by atoms with Gasteiger partial charge in [0.05, 0.1) is 34.3 Å². The highest BCUT2D eigenvalue weighted by atomic mass is 32.1. The molecule has 0 amide bonds. The molecule has 9 rings (SSSR count). The number of hydrogen-bond acceptors (Lipinski definition) is 3. The highest BCUT2D eigenvalue weighted by molar-refractivity contribution is 7.25. The molecule has 0 fully saturated rings. The summed E-state index contributed by atoms with van der Waals surface area (Å²) < 4.78 is 4.80. The van der Waals surface area contributed by atoms with Crippen LogP contribution in [0.4, 0.5) is 0 Å². The van der Waals surface area contributed by atoms with Crippen molar-refractivity contribution in [2.45, 2.75) is 0 Å². The van der Waals surface area contributed by atoms with Crippen LogP contribution in [0.3, 0.4) is 0 Å². The van der Waals surface area contributed by atoms with Gasteiger partial charge in [0.1, 0.15) is 0 Å². The second-order valence-corrected chi connectivity index (χ2v) is 13.0. The van der Waals surface area contributed by atoms with Gasteiger partial charge in [-0.2, -0.15) is 10.5 Å². The van der Waals surface area contributed by atoms with Gasteiger partial charge in [0.25, 0.3) is 0 Å². The summed E-state index contributed by atoms with van der Waals surface area (Å²) >= 11 is 1.82. The third kappa shape index (κ3) is 4.32. The molecule has 9 aromatic rings. The van der Waals surface area contributed by atoms with Crippen LogP contribution < -0.4 is 0 Å². The summed E-state index contributed by atoms with van der Waals surface area (Å²) in [5.74, 6) is 0. The van der Waals surface area contributed by atoms with Gasteiger partial charge in [0.2, 0.25) is 0 Å². The number of thiophene rings is 1. The molecule has 7 aromatic carbocycles. The van der Waals surface area contributed by atoms with Crippen molar-refractivity contribution >= 4 is 53.3 Å². The second-order valence-electron chi connectivity index (χ2n) is 11.9. The molecule has 0 N–H and O–H groups in total. The van der Waals surface area contributed by atoms with Crippen LogP contribution in [-0.2, 0) is 0 Å². The fourth-order valence-electron chi connectivity index (χ4n) is 7.20. The molecule has 0 aliphatic heterocycles. The van der Waals surface area contributed by atoms with Crippen LogP contribution in [0.1, 0.15) is 11.1 Å². The molecule has 4 heteroatoms. The van der Waals surface area contributed by atoms with Gasteiger partial charge in [-0.05, 0) is 94.0 Å². The largest absolute Gasteiger partial charge is 0.309 e. The standard InChI is InChI=1S/C44H25N3S/c45-26-28-9-5-10-30(23-28)33-15-7-16-34(43(33)37-17-8-20-42-44(37)36-14-2-4-19-41(36)48-42)31-11-6-12-32(25-31)47-39-18-3-1-13-35(39)38-24-29(27-46)21-22-40(38)47/h1-25H. The third-order valence-electron chi connectivity index (χ3n) is 9.26. The zero-order chi connectivity index (χ0) is 32.2. The van der Waals surface area contributed by atoms with Crippen molar-refractivity contribution in [3.05, 3.63) is 163 Å². The van der Waals surface area contributed by atoms with Crippen molar-refractivity contribution in [3.8, 4) is 51.2 Å². The number of para-hydroxylation sites is 1. The number of nitriles is 2. The second kappa shape index (κ2) is 11.1. The number of rotatable bonds is 4. The maximum Gasteiger partial charge on any atom is 0.0991 e. The Balaban J connectivity index is 1.34. The lowest BCUT2D eigenvalue weighted by atomic mass is 9.85. The van der Waals surface area contributed by atoms with Crippen LogP contribution in [0.2, 0.25) is 0 Å². The van der Waals surface area contributed by atoms with E-state index in [-0.39, 0.29) is 0 Å². The van der Waals surface area contributed by atoms with Gasteiger partial charge in [-0.3, -0.25) is 0 Å². The summed E-state index contributed by atoms with van der Waals surface area (Å²) in [7, 11) is 0. The molecular weight excluding hydrogens is 603 g/mol. The normalized spacial score (nSPS) is 11.3. The summed E-state index contributed by atoms with van der Waals surface area (Å²) in [4.78, 5) is 0. The Bertz CT molecular complexity index is 2820. The molecule has 2 heterocycles. The smallest absolute Gasteiger partial charge is 0.0991 e. The Morgan fingerprint density at radius 3 is 1.92 bits per heavy atom. The van der Waals surface area contributed by atoms with E-state index in [0.717, 1.165) is 55.3 Å². The number of aromatic nitrogens is 1. The van der Waals surface area contributed by atoms with Crippen molar-refractivity contribution in [2.24, 2.45) is 0 Å². The van der Waals surface area contributed by atoms with Crippen molar-refractivity contribution in [1.29, 1.82) is 10.5 Å². The van der Waals surface area contributed by atoms with E-state index >= 15 is 0 Å². The Kier molecular flexibility index (Phi) is 6.44. The SMILES string of the molecule is N#Cc1cccc(-c2cccc(-c3cccc(-n4c5ccccc5c5cc(C#N)ccc54)c3)c2-c2cccc3sc4ccccc4c23)c1. The van der Waals surface area contributed by atoms with Crippen molar-refractivity contribution in [3.63, 3.8) is 0 Å². The highest BCUT2D eigenvalue weighted by Gasteiger charge is 2.20. The van der Waals surface area contributed by atoms with E-state index < -0.39 is 0 Å². The highest BCUT2D eigenvalue weighted by Crippen LogP contribution is 2.47. The zero-order valence-corrected chi connectivity index (χ0v) is 26.5. The predicted molar refractivity (Wildman–Crippen MR) is 199 cm³/mol. The quantitative estimate of drug-likeness (QED) is 0.195. The van der Waals surface area contributed by atoms with E-state index in [2.05, 4.69) is 138 Å². The molecule has 0 unspecified atom stereocenters. The van der Waals surface area contributed by atoms with Gasteiger partial charge in [0.15, 0.2) is 0 Å². The van der Waals surface area contributed by atoms with Gasteiger partial charge in [-0.15, -0.1) is 11.3 Å². The van der Waals surface area contributed by atoms with Crippen LogP contribution in [-0.4, -0.2) is 4.57 Å². The lowest BCUT2D eigenvalue weighted by Gasteiger charge is -2.18. The topological polar surface area (TPSA) is 52.5 Å². The van der Waals surface area contributed by atoms with Gasteiger partial charge in [-0.25, -0.2) is 0 Å². The van der Waals surface area contributed by atoms with Crippen molar-refractivity contribution < 1.29 is 0 Å². The van der Waals surface area contributed by atoms with Crippen LogP contribution in [0.25, 0.3) is 81.0 Å². The molecule has 3 nitrogen and oxygen atoms in total. The van der Waals surface area contributed by atoms with E-state index in [1.54, 1.807) is 0 Å². The predicted octanol–water partition coefficient (Wildman–Crippen LogP) is 11.9. The number of hydrogen-bond donors (Lipinski definition) is 0. The van der Waals surface area contributed by atoms with Gasteiger partial charge in [0, 0.05) is 36.6 Å². The first kappa shape index (κ1) is 27.8. The molecule has 48 heavy (non-hydrogen) atoms. The Hall–Kier alpha value is -6.46. The van der Waals surface area contributed by atoms with Gasteiger partial charge in [-0.1, -0.05) is 91.0 Å². The average molecular weight is 628 g/mol. The molecular formula is C44H25N3S. The minimum Gasteiger partial charge on any atom is -0.309 e. The average Bonchev–Trinajstić information content (AvgIpc) is 3.70. The minimum absolute atomic E-state index is 0.635. The number of nitrogens with zero attached hydrogens (tertiary/aromatic N) is 3. The van der Waals surface area contributed by atoms with E-state index in [9.17, 15) is 10.5 Å². The summed E-state index contributed by atoms with van der Waals surface area (Å²) in [5.41, 5.74) is 11.1. The molecule has 0 aliphatic rings. The molecule has 0 atom stereocenters. The van der Waals surface area contributed by atoms with E-state index in [0.29, 0.717) is 11.1 Å². The molecule has 0 radical (unpaired) electrons. The molecule has 222 valence electrons. The van der Waals surface area contributed by atoms with Crippen LogP contribution in [0.5, 0.6) is 0 Å². The summed E-state index contributed by atoms with van der Waals surface area (Å²) in [6.07, 6.45) is 0. The molecule has 0 spiro atoms. The maximum absolute atomic E-state index is 9.79. The lowest BCUT2D eigenvalue weighted by molar-refractivity contribution is 1.18. The Labute approximate surface area is 281 Å². The number of fused-ring (bicyclic) bond motifs is 6. The molecule has 0 aliphatic carbocycles. The van der Waals surface area contributed by atoms with E-state index in [1.807, 2.05) is 41.7 Å². The first-order valence-electron chi connectivity index (χ1n) is 15.8. The monoisotopic (exact) mass is 627 g/mol. The Morgan fingerprint density at radius 2 is 1.08 bits per heavy atom. The maximum atomic E-state index is 9.79. The summed E-state index contributed by atoms with van der Waals surface area (Å²) in [6, 6.07) is 57.3. The first-order chi connectivity index (χ1) is 23.7. The fraction of sp³-hybridized carbons (Fsp3) is 0. The molecule has 2 aromatic heterocycles. The number of benzene rings is 7. The fourth-order valence-corrected chi connectivity index (χ4v) is 8.33.